The van der Waals surface area contributed by atoms with Crippen LogP contribution in [-0.2, 0) is 0 Å². The molecule has 3 atom stereocenters. The van der Waals surface area contributed by atoms with Gasteiger partial charge in [0.1, 0.15) is 11.6 Å². The van der Waals surface area contributed by atoms with Crippen molar-refractivity contribution in [1.29, 1.82) is 0 Å². The molecule has 1 aliphatic rings. The zero-order chi connectivity index (χ0) is 14.8. The first-order chi connectivity index (χ1) is 10.2. The van der Waals surface area contributed by atoms with Crippen LogP contribution >= 0.6 is 0 Å². The van der Waals surface area contributed by atoms with E-state index in [9.17, 15) is 4.39 Å². The van der Waals surface area contributed by atoms with Crippen molar-refractivity contribution in [3.63, 3.8) is 0 Å². The number of rotatable bonds is 5. The lowest BCUT2D eigenvalue weighted by atomic mass is 10.1. The summed E-state index contributed by atoms with van der Waals surface area (Å²) in [5.41, 5.74) is 2.24. The molecular weight excluding hydrogens is 265 g/mol. The molecule has 110 valence electrons. The van der Waals surface area contributed by atoms with E-state index in [4.69, 9.17) is 4.74 Å². The Hall–Kier alpha value is -1.87. The molecule has 0 amide bonds. The third-order valence-electron chi connectivity index (χ3n) is 4.14. The van der Waals surface area contributed by atoms with Gasteiger partial charge < -0.3 is 10.1 Å². The maximum Gasteiger partial charge on any atom is 0.123 e. The molecule has 0 aromatic heterocycles. The zero-order valence-electron chi connectivity index (χ0n) is 12.3. The zero-order valence-corrected chi connectivity index (χ0v) is 12.3. The van der Waals surface area contributed by atoms with Crippen molar-refractivity contribution >= 4 is 0 Å². The molecular formula is C18H20FNO. The van der Waals surface area contributed by atoms with Crippen molar-refractivity contribution in [2.45, 2.75) is 31.3 Å². The average molecular weight is 285 g/mol. The second-order valence-electron chi connectivity index (χ2n) is 5.63. The molecule has 1 aliphatic carbocycles. The van der Waals surface area contributed by atoms with Gasteiger partial charge in [-0.1, -0.05) is 30.3 Å². The summed E-state index contributed by atoms with van der Waals surface area (Å²) in [5, 5.41) is 3.57. The summed E-state index contributed by atoms with van der Waals surface area (Å²) in [6.45, 7) is 2.05. The quantitative estimate of drug-likeness (QED) is 0.895. The lowest BCUT2D eigenvalue weighted by Crippen LogP contribution is -2.22. The van der Waals surface area contributed by atoms with Crippen molar-refractivity contribution in [2.24, 2.45) is 0 Å². The number of hydrogen-bond acceptors (Lipinski definition) is 2. The first-order valence-corrected chi connectivity index (χ1v) is 7.33. The molecule has 0 saturated heterocycles. The normalized spacial score (nSPS) is 21.9. The van der Waals surface area contributed by atoms with Crippen LogP contribution in [-0.4, -0.2) is 13.2 Å². The summed E-state index contributed by atoms with van der Waals surface area (Å²) in [6.07, 6.45) is 1.13. The monoisotopic (exact) mass is 285 g/mol. The van der Waals surface area contributed by atoms with Gasteiger partial charge in [-0.25, -0.2) is 4.39 Å². The molecule has 1 N–H and O–H groups in total. The van der Waals surface area contributed by atoms with Crippen molar-refractivity contribution in [2.75, 3.05) is 7.11 Å². The van der Waals surface area contributed by atoms with Crippen LogP contribution in [0.5, 0.6) is 5.75 Å². The van der Waals surface area contributed by atoms with Crippen LogP contribution in [0, 0.1) is 5.82 Å². The van der Waals surface area contributed by atoms with Gasteiger partial charge in [0.25, 0.3) is 0 Å². The van der Waals surface area contributed by atoms with Gasteiger partial charge in [0.2, 0.25) is 0 Å². The molecule has 0 aliphatic heterocycles. The number of ether oxygens (including phenoxy) is 1. The molecule has 2 aromatic rings. The summed E-state index contributed by atoms with van der Waals surface area (Å²) >= 11 is 0. The summed E-state index contributed by atoms with van der Waals surface area (Å²) in [7, 11) is 1.62. The lowest BCUT2D eigenvalue weighted by Gasteiger charge is -2.17. The molecule has 1 saturated carbocycles. The fraction of sp³-hybridized carbons (Fsp3) is 0.333. The summed E-state index contributed by atoms with van der Waals surface area (Å²) in [4.78, 5) is 0. The highest BCUT2D eigenvalue weighted by Gasteiger charge is 2.39. The topological polar surface area (TPSA) is 21.3 Å². The van der Waals surface area contributed by atoms with Gasteiger partial charge in [-0.2, -0.15) is 0 Å². The van der Waals surface area contributed by atoms with Crippen LogP contribution in [0.25, 0.3) is 0 Å². The van der Waals surface area contributed by atoms with Gasteiger partial charge in [-0.15, -0.1) is 0 Å². The molecule has 1 fully saturated rings. The van der Waals surface area contributed by atoms with Crippen LogP contribution in [0.4, 0.5) is 4.39 Å². The van der Waals surface area contributed by atoms with E-state index in [0.717, 1.165) is 17.7 Å². The highest BCUT2D eigenvalue weighted by atomic mass is 19.1. The van der Waals surface area contributed by atoms with Gasteiger partial charge in [-0.05, 0) is 37.1 Å². The van der Waals surface area contributed by atoms with E-state index in [1.165, 1.54) is 11.6 Å². The predicted octanol–water partition coefficient (Wildman–Crippen LogP) is 4.04. The van der Waals surface area contributed by atoms with Crippen molar-refractivity contribution < 1.29 is 9.13 Å². The van der Waals surface area contributed by atoms with Gasteiger partial charge >= 0.3 is 0 Å². The van der Waals surface area contributed by atoms with E-state index >= 15 is 0 Å². The van der Waals surface area contributed by atoms with Gasteiger partial charge in [0.15, 0.2) is 0 Å². The number of halogens is 1. The van der Waals surface area contributed by atoms with E-state index in [1.807, 2.05) is 6.07 Å². The molecule has 0 bridgehead atoms. The van der Waals surface area contributed by atoms with E-state index in [2.05, 4.69) is 36.5 Å². The minimum atomic E-state index is -0.227. The first-order valence-electron chi connectivity index (χ1n) is 7.33. The Kier molecular flexibility index (Phi) is 3.93. The van der Waals surface area contributed by atoms with Crippen LogP contribution in [0.2, 0.25) is 0 Å². The Balaban J connectivity index is 1.68. The number of methoxy groups -OCH3 is 1. The van der Waals surface area contributed by atoms with E-state index < -0.39 is 0 Å². The van der Waals surface area contributed by atoms with Crippen molar-refractivity contribution in [1.82, 2.24) is 5.32 Å². The molecule has 3 rings (SSSR count). The van der Waals surface area contributed by atoms with E-state index in [1.54, 1.807) is 19.2 Å². The Morgan fingerprint density at radius 3 is 2.67 bits per heavy atom. The predicted molar refractivity (Wildman–Crippen MR) is 82.1 cm³/mol. The highest BCUT2D eigenvalue weighted by molar-refractivity contribution is 5.37. The smallest absolute Gasteiger partial charge is 0.123 e. The minimum absolute atomic E-state index is 0.0642. The average Bonchev–Trinajstić information content (AvgIpc) is 3.27. The van der Waals surface area contributed by atoms with Crippen LogP contribution in [0.3, 0.4) is 0 Å². The maximum atomic E-state index is 13.5. The summed E-state index contributed by atoms with van der Waals surface area (Å²) in [6, 6.07) is 15.7. The SMILES string of the molecule is COc1ccc(F)cc1C(C)NC1CC1c1ccccc1. The van der Waals surface area contributed by atoms with Gasteiger partial charge in [0.05, 0.1) is 7.11 Å². The van der Waals surface area contributed by atoms with Gasteiger partial charge in [0, 0.05) is 23.6 Å². The molecule has 0 radical (unpaired) electrons. The van der Waals surface area contributed by atoms with Crippen molar-refractivity contribution in [3.05, 3.63) is 65.5 Å². The number of hydrogen-bond donors (Lipinski definition) is 1. The maximum absolute atomic E-state index is 13.5. The lowest BCUT2D eigenvalue weighted by molar-refractivity contribution is 0.399. The fourth-order valence-electron chi connectivity index (χ4n) is 2.90. The molecule has 3 heteroatoms. The number of benzene rings is 2. The molecule has 2 aromatic carbocycles. The van der Waals surface area contributed by atoms with Crippen molar-refractivity contribution in [3.8, 4) is 5.75 Å². The van der Waals surface area contributed by atoms with Crippen LogP contribution in [0.15, 0.2) is 48.5 Å². The minimum Gasteiger partial charge on any atom is -0.496 e. The molecule has 0 heterocycles. The molecule has 21 heavy (non-hydrogen) atoms. The Morgan fingerprint density at radius 1 is 1.19 bits per heavy atom. The second kappa shape index (κ2) is 5.86. The Morgan fingerprint density at radius 2 is 1.95 bits per heavy atom. The second-order valence-corrected chi connectivity index (χ2v) is 5.63. The number of nitrogens with one attached hydrogen (secondary N) is 1. The van der Waals surface area contributed by atoms with Gasteiger partial charge in [-0.3, -0.25) is 0 Å². The standard InChI is InChI=1S/C18H20FNO/c1-12(15-10-14(19)8-9-18(15)21-2)20-17-11-16(17)13-6-4-3-5-7-13/h3-10,12,16-17,20H,11H2,1-2H3. The third kappa shape index (κ3) is 3.08. The molecule has 0 spiro atoms. The highest BCUT2D eigenvalue weighted by Crippen LogP contribution is 2.42. The fourth-order valence-corrected chi connectivity index (χ4v) is 2.90. The largest absolute Gasteiger partial charge is 0.496 e. The first kappa shape index (κ1) is 14.1. The van der Waals surface area contributed by atoms with E-state index in [-0.39, 0.29) is 11.9 Å². The Labute approximate surface area is 125 Å². The van der Waals surface area contributed by atoms with E-state index in [0.29, 0.717) is 12.0 Å². The Bertz CT molecular complexity index is 614. The van der Waals surface area contributed by atoms with Crippen LogP contribution < -0.4 is 10.1 Å². The molecule has 3 unspecified atom stereocenters. The summed E-state index contributed by atoms with van der Waals surface area (Å²) < 4.78 is 18.8. The molecule has 2 nitrogen and oxygen atoms in total. The third-order valence-corrected chi connectivity index (χ3v) is 4.14. The summed E-state index contributed by atoms with van der Waals surface area (Å²) in [5.74, 6) is 1.07. The van der Waals surface area contributed by atoms with Crippen LogP contribution in [0.1, 0.15) is 36.4 Å².